The Morgan fingerprint density at radius 3 is 2.68 bits per heavy atom. The molecular weight excluding hydrogens is 515 g/mol. The van der Waals surface area contributed by atoms with Gasteiger partial charge in [0.2, 0.25) is 5.78 Å². The number of amides is 1. The molecule has 1 aliphatic rings. The number of ketones is 1. The monoisotopic (exact) mass is 526 g/mol. The van der Waals surface area contributed by atoms with Gasteiger partial charge in [0.15, 0.2) is 16.7 Å². The number of fused-ring (bicyclic) bond motifs is 2. The van der Waals surface area contributed by atoms with Crippen molar-refractivity contribution in [3.8, 4) is 0 Å². The van der Waals surface area contributed by atoms with Crippen molar-refractivity contribution in [1.82, 2.24) is 4.98 Å². The SMILES string of the molecule is O=C(C1=C(O)C(=O)N(c2nc3ccc(Cl)cc3s2)C1c1cccs1)c1cc2cc(Cl)ccc2o1. The summed E-state index contributed by atoms with van der Waals surface area (Å²) < 4.78 is 6.53. The summed E-state index contributed by atoms with van der Waals surface area (Å²) in [7, 11) is 0. The van der Waals surface area contributed by atoms with E-state index >= 15 is 0 Å². The number of aliphatic hydroxyl groups is 1. The van der Waals surface area contributed by atoms with Crippen molar-refractivity contribution in [2.75, 3.05) is 4.90 Å². The van der Waals surface area contributed by atoms with Gasteiger partial charge in [-0.1, -0.05) is 40.6 Å². The Balaban J connectivity index is 1.49. The lowest BCUT2D eigenvalue weighted by atomic mass is 10.0. The highest BCUT2D eigenvalue weighted by atomic mass is 35.5. The van der Waals surface area contributed by atoms with Gasteiger partial charge in [-0.2, -0.15) is 0 Å². The summed E-state index contributed by atoms with van der Waals surface area (Å²) >= 11 is 14.8. The van der Waals surface area contributed by atoms with Crippen LogP contribution < -0.4 is 4.90 Å². The lowest BCUT2D eigenvalue weighted by Crippen LogP contribution is -2.30. The van der Waals surface area contributed by atoms with Crippen LogP contribution in [0.5, 0.6) is 0 Å². The van der Waals surface area contributed by atoms with Gasteiger partial charge in [0.05, 0.1) is 15.8 Å². The molecule has 34 heavy (non-hydrogen) atoms. The van der Waals surface area contributed by atoms with Crippen LogP contribution in [0.3, 0.4) is 0 Å². The molecule has 10 heteroatoms. The van der Waals surface area contributed by atoms with Crippen LogP contribution in [0.4, 0.5) is 5.13 Å². The van der Waals surface area contributed by atoms with E-state index in [1.165, 1.54) is 27.6 Å². The van der Waals surface area contributed by atoms with Gasteiger partial charge < -0.3 is 9.52 Å². The maximum atomic E-state index is 13.6. The Hall–Kier alpha value is -3.17. The highest BCUT2D eigenvalue weighted by Crippen LogP contribution is 2.45. The summed E-state index contributed by atoms with van der Waals surface area (Å²) in [5.41, 5.74) is 1.08. The van der Waals surface area contributed by atoms with Gasteiger partial charge in [0.1, 0.15) is 11.6 Å². The predicted molar refractivity (Wildman–Crippen MR) is 134 cm³/mol. The second-order valence-electron chi connectivity index (χ2n) is 7.59. The minimum Gasteiger partial charge on any atom is -0.503 e. The molecule has 0 spiro atoms. The van der Waals surface area contributed by atoms with Crippen molar-refractivity contribution in [1.29, 1.82) is 0 Å². The number of rotatable bonds is 4. The number of hydrogen-bond acceptors (Lipinski definition) is 7. The first-order valence-electron chi connectivity index (χ1n) is 10.0. The number of anilines is 1. The van der Waals surface area contributed by atoms with Crippen LogP contribution in [0.15, 0.2) is 75.7 Å². The van der Waals surface area contributed by atoms with E-state index in [0.29, 0.717) is 36.5 Å². The molecule has 6 rings (SSSR count). The van der Waals surface area contributed by atoms with E-state index in [0.717, 1.165) is 4.70 Å². The van der Waals surface area contributed by atoms with Crippen LogP contribution in [-0.4, -0.2) is 21.8 Å². The molecule has 0 bridgehead atoms. The first kappa shape index (κ1) is 21.4. The molecule has 6 nitrogen and oxygen atoms in total. The number of carbonyl (C=O) groups excluding carboxylic acids is 2. The van der Waals surface area contributed by atoms with Crippen LogP contribution >= 0.6 is 45.9 Å². The molecule has 4 heterocycles. The molecule has 5 aromatic rings. The highest BCUT2D eigenvalue weighted by molar-refractivity contribution is 7.22. The topological polar surface area (TPSA) is 83.6 Å². The van der Waals surface area contributed by atoms with Gasteiger partial charge in [-0.15, -0.1) is 11.3 Å². The van der Waals surface area contributed by atoms with Gasteiger partial charge >= 0.3 is 0 Å². The fourth-order valence-corrected chi connectivity index (χ4v) is 6.27. The molecule has 0 saturated heterocycles. The Morgan fingerprint density at radius 2 is 1.88 bits per heavy atom. The molecule has 1 amide bonds. The largest absolute Gasteiger partial charge is 0.503 e. The average molecular weight is 527 g/mol. The molecular formula is C24H12Cl2N2O4S2. The van der Waals surface area contributed by atoms with Crippen molar-refractivity contribution >= 4 is 83.9 Å². The summed E-state index contributed by atoms with van der Waals surface area (Å²) in [6, 6.07) is 14.6. The quantitative estimate of drug-likeness (QED) is 0.250. The maximum absolute atomic E-state index is 13.6. The summed E-state index contributed by atoms with van der Waals surface area (Å²) in [5.74, 6) is -1.90. The third kappa shape index (κ3) is 3.33. The number of benzene rings is 2. The molecule has 1 unspecified atom stereocenters. The van der Waals surface area contributed by atoms with Crippen molar-refractivity contribution in [3.63, 3.8) is 0 Å². The van der Waals surface area contributed by atoms with Crippen LogP contribution in [-0.2, 0) is 4.79 Å². The molecule has 1 N–H and O–H groups in total. The number of carbonyl (C=O) groups is 2. The Labute approximate surface area is 210 Å². The van der Waals surface area contributed by atoms with Gasteiger partial charge in [-0.05, 0) is 53.9 Å². The van der Waals surface area contributed by atoms with Crippen molar-refractivity contribution in [2.24, 2.45) is 0 Å². The summed E-state index contributed by atoms with van der Waals surface area (Å²) in [6.45, 7) is 0. The number of aromatic nitrogens is 1. The van der Waals surface area contributed by atoms with E-state index in [2.05, 4.69) is 4.98 Å². The Morgan fingerprint density at radius 1 is 1.09 bits per heavy atom. The summed E-state index contributed by atoms with van der Waals surface area (Å²) in [6.07, 6.45) is 0. The van der Waals surface area contributed by atoms with Crippen LogP contribution in [0, 0.1) is 0 Å². The standard InChI is InChI=1S/C24H12Cl2N2O4S2/c25-12-4-6-15-11(8-12)9-16(32-15)21(29)19-20(17-2-1-7-33-17)28(23(31)22(19)30)24-27-14-5-3-13(26)10-18(14)34-24/h1-10,20,30H. The Kier molecular flexibility index (Phi) is 5.00. The van der Waals surface area contributed by atoms with Crippen LogP contribution in [0.2, 0.25) is 10.0 Å². The molecule has 0 saturated carbocycles. The molecule has 0 aliphatic carbocycles. The Bertz CT molecular complexity index is 1650. The number of halogens is 2. The minimum atomic E-state index is -0.854. The van der Waals surface area contributed by atoms with Gasteiger partial charge in [0.25, 0.3) is 5.91 Å². The van der Waals surface area contributed by atoms with E-state index in [1.807, 2.05) is 17.5 Å². The normalized spacial score (nSPS) is 16.4. The fourth-order valence-electron chi connectivity index (χ4n) is 4.00. The first-order valence-corrected chi connectivity index (χ1v) is 12.5. The molecule has 1 aliphatic heterocycles. The molecule has 0 fully saturated rings. The molecule has 2 aromatic carbocycles. The maximum Gasteiger partial charge on any atom is 0.296 e. The predicted octanol–water partition coefficient (Wildman–Crippen LogP) is 7.19. The van der Waals surface area contributed by atoms with Gasteiger partial charge in [-0.25, -0.2) is 4.98 Å². The smallest absolute Gasteiger partial charge is 0.296 e. The molecule has 168 valence electrons. The van der Waals surface area contributed by atoms with Crippen LogP contribution in [0.25, 0.3) is 21.2 Å². The first-order chi connectivity index (χ1) is 16.4. The second kappa shape index (κ2) is 7.95. The van der Waals surface area contributed by atoms with E-state index < -0.39 is 23.5 Å². The molecule has 3 aromatic heterocycles. The van der Waals surface area contributed by atoms with E-state index in [-0.39, 0.29) is 11.3 Å². The zero-order chi connectivity index (χ0) is 23.6. The number of thiazole rings is 1. The van der Waals surface area contributed by atoms with Crippen molar-refractivity contribution < 1.29 is 19.1 Å². The summed E-state index contributed by atoms with van der Waals surface area (Å²) in [5, 5.41) is 14.8. The second-order valence-corrected chi connectivity index (χ2v) is 10.4. The van der Waals surface area contributed by atoms with Crippen LogP contribution in [0.1, 0.15) is 21.5 Å². The third-order valence-corrected chi connectivity index (χ3v) is 7.93. The number of Topliss-reactive ketones (excluding diaryl/α,β-unsaturated/α-hetero) is 1. The lowest BCUT2D eigenvalue weighted by Gasteiger charge is -2.22. The van der Waals surface area contributed by atoms with Crippen molar-refractivity contribution in [3.05, 3.63) is 92.0 Å². The fraction of sp³-hybridized carbons (Fsp3) is 0.0417. The lowest BCUT2D eigenvalue weighted by molar-refractivity contribution is -0.117. The minimum absolute atomic E-state index is 0.00565. The highest BCUT2D eigenvalue weighted by Gasteiger charge is 2.47. The van der Waals surface area contributed by atoms with Gasteiger partial charge in [-0.3, -0.25) is 14.5 Å². The third-order valence-electron chi connectivity index (χ3n) is 5.51. The average Bonchev–Trinajstić information content (AvgIpc) is 3.58. The number of aliphatic hydroxyl groups excluding tert-OH is 1. The van der Waals surface area contributed by atoms with Crippen molar-refractivity contribution in [2.45, 2.75) is 6.04 Å². The van der Waals surface area contributed by atoms with E-state index in [1.54, 1.807) is 42.5 Å². The number of nitrogens with zero attached hydrogens (tertiary/aromatic N) is 2. The number of furan rings is 1. The van der Waals surface area contributed by atoms with E-state index in [9.17, 15) is 14.7 Å². The zero-order valence-corrected chi connectivity index (χ0v) is 20.1. The molecule has 0 radical (unpaired) electrons. The number of hydrogen-bond donors (Lipinski definition) is 1. The summed E-state index contributed by atoms with van der Waals surface area (Å²) in [4.78, 5) is 33.5. The number of thiophene rings is 1. The zero-order valence-electron chi connectivity index (χ0n) is 17.0. The molecule has 1 atom stereocenters. The van der Waals surface area contributed by atoms with E-state index in [4.69, 9.17) is 27.6 Å². The van der Waals surface area contributed by atoms with Gasteiger partial charge in [0, 0.05) is 20.3 Å².